The molecule has 1 fully saturated rings. The van der Waals surface area contributed by atoms with Crippen LogP contribution in [0.15, 0.2) is 36.4 Å². The highest BCUT2D eigenvalue weighted by Gasteiger charge is 2.34. The van der Waals surface area contributed by atoms with E-state index in [1.165, 1.54) is 0 Å². The van der Waals surface area contributed by atoms with Crippen LogP contribution in [0.2, 0.25) is 0 Å². The molecule has 0 spiro atoms. The van der Waals surface area contributed by atoms with Gasteiger partial charge < -0.3 is 20.7 Å². The summed E-state index contributed by atoms with van der Waals surface area (Å²) in [5.41, 5.74) is 1.97. The maximum atomic E-state index is 11.9. The normalized spacial score (nSPS) is 18.2. The summed E-state index contributed by atoms with van der Waals surface area (Å²) in [6.45, 7) is 4.79. The van der Waals surface area contributed by atoms with Crippen molar-refractivity contribution in [2.75, 3.05) is 23.7 Å². The third-order valence-corrected chi connectivity index (χ3v) is 4.68. The zero-order valence-electron chi connectivity index (χ0n) is 16.2. The molecule has 150 valence electrons. The van der Waals surface area contributed by atoms with Crippen LogP contribution in [-0.4, -0.2) is 41.4 Å². The molecule has 0 aliphatic heterocycles. The lowest BCUT2D eigenvalue weighted by Crippen LogP contribution is -2.37. The van der Waals surface area contributed by atoms with Crippen molar-refractivity contribution in [3.63, 3.8) is 0 Å². The van der Waals surface area contributed by atoms with Crippen LogP contribution in [-0.2, 0) is 9.53 Å². The zero-order chi connectivity index (χ0) is 19.9. The predicted molar refractivity (Wildman–Crippen MR) is 107 cm³/mol. The van der Waals surface area contributed by atoms with E-state index in [1.807, 2.05) is 50.2 Å². The van der Waals surface area contributed by atoms with E-state index in [9.17, 15) is 9.59 Å². The van der Waals surface area contributed by atoms with E-state index >= 15 is 0 Å². The fourth-order valence-corrected chi connectivity index (χ4v) is 2.92. The van der Waals surface area contributed by atoms with Crippen molar-refractivity contribution in [1.82, 2.24) is 15.5 Å². The minimum absolute atomic E-state index is 0.0636. The summed E-state index contributed by atoms with van der Waals surface area (Å²) in [6, 6.07) is 11.7. The Kier molecular flexibility index (Phi) is 6.52. The monoisotopic (exact) mass is 385 g/mol. The maximum Gasteiger partial charge on any atom is 0.407 e. The molecule has 1 saturated carbocycles. The number of carbonyl (C=O) groups excluding carboxylic acids is 2. The van der Waals surface area contributed by atoms with Gasteiger partial charge in [-0.2, -0.15) is 5.10 Å². The molecule has 28 heavy (non-hydrogen) atoms. The second-order valence-electron chi connectivity index (χ2n) is 7.27. The summed E-state index contributed by atoms with van der Waals surface area (Å²) in [6.07, 6.45) is 1.00. The molecule has 1 aromatic carbocycles. The summed E-state index contributed by atoms with van der Waals surface area (Å²) >= 11 is 0. The summed E-state index contributed by atoms with van der Waals surface area (Å²) in [7, 11) is 0. The fraction of sp³-hybridized carbons (Fsp3) is 0.450. The molecule has 0 unspecified atom stereocenters. The van der Waals surface area contributed by atoms with Gasteiger partial charge in [0.15, 0.2) is 5.82 Å². The highest BCUT2D eigenvalue weighted by molar-refractivity contribution is 5.91. The first-order chi connectivity index (χ1) is 13.5. The summed E-state index contributed by atoms with van der Waals surface area (Å²) in [4.78, 5) is 23.6. The van der Waals surface area contributed by atoms with Crippen LogP contribution in [0.4, 0.5) is 16.3 Å². The van der Waals surface area contributed by atoms with Gasteiger partial charge in [0.2, 0.25) is 5.91 Å². The molecule has 1 heterocycles. The van der Waals surface area contributed by atoms with Crippen molar-refractivity contribution < 1.29 is 14.3 Å². The smallest absolute Gasteiger partial charge is 0.407 e. The number of nitrogens with zero attached hydrogens (tertiary/aromatic N) is 1. The molecule has 0 radical (unpaired) electrons. The van der Waals surface area contributed by atoms with E-state index in [1.54, 1.807) is 0 Å². The summed E-state index contributed by atoms with van der Waals surface area (Å²) in [5.74, 6) is 0.630. The van der Waals surface area contributed by atoms with Gasteiger partial charge in [-0.3, -0.25) is 9.89 Å². The van der Waals surface area contributed by atoms with E-state index in [4.69, 9.17) is 4.74 Å². The van der Waals surface area contributed by atoms with Crippen molar-refractivity contribution in [3.8, 4) is 0 Å². The molecule has 3 rings (SSSR count). The molecule has 1 aromatic heterocycles. The highest BCUT2D eigenvalue weighted by Crippen LogP contribution is 2.38. The van der Waals surface area contributed by atoms with Crippen molar-refractivity contribution >= 4 is 23.5 Å². The second-order valence-corrected chi connectivity index (χ2v) is 7.27. The number of rotatable bonds is 8. The largest absolute Gasteiger partial charge is 0.446 e. The number of ether oxygens (including phenoxy) is 1. The lowest BCUT2D eigenvalue weighted by molar-refractivity contribution is -0.118. The third kappa shape index (κ3) is 5.48. The Morgan fingerprint density at radius 3 is 2.68 bits per heavy atom. The maximum absolute atomic E-state index is 11.9. The van der Waals surface area contributed by atoms with Gasteiger partial charge in [-0.05, 0) is 25.0 Å². The first-order valence-electron chi connectivity index (χ1n) is 9.61. The highest BCUT2D eigenvalue weighted by atomic mass is 16.6. The molecule has 2 amide bonds. The average Bonchev–Trinajstić information content (AvgIpc) is 3.10. The first kappa shape index (κ1) is 19.7. The molecule has 0 bridgehead atoms. The molecule has 1 aliphatic rings. The lowest BCUT2D eigenvalue weighted by Gasteiger charge is -2.33. The summed E-state index contributed by atoms with van der Waals surface area (Å²) in [5, 5.41) is 15.8. The first-order valence-corrected chi connectivity index (χ1v) is 9.61. The molecule has 4 N–H and O–H groups in total. The van der Waals surface area contributed by atoms with E-state index in [0.29, 0.717) is 18.9 Å². The predicted octanol–water partition coefficient (Wildman–Crippen LogP) is 3.09. The minimum Gasteiger partial charge on any atom is -0.446 e. The van der Waals surface area contributed by atoms with Gasteiger partial charge in [0, 0.05) is 42.4 Å². The molecule has 0 atom stereocenters. The van der Waals surface area contributed by atoms with Gasteiger partial charge in [-0.1, -0.05) is 32.0 Å². The quantitative estimate of drug-likeness (QED) is 0.522. The Bertz CT molecular complexity index is 784. The number of hydrogen-bond donors (Lipinski definition) is 4. The van der Waals surface area contributed by atoms with Crippen LogP contribution in [0, 0.1) is 5.92 Å². The Morgan fingerprint density at radius 1 is 1.21 bits per heavy atom. The lowest BCUT2D eigenvalue weighted by atomic mass is 9.80. The molecular formula is C20H27N5O3. The van der Waals surface area contributed by atoms with Crippen LogP contribution in [0.3, 0.4) is 0 Å². The number of hydrogen-bond acceptors (Lipinski definition) is 5. The number of aromatic amines is 1. The van der Waals surface area contributed by atoms with Crippen molar-refractivity contribution in [2.24, 2.45) is 5.92 Å². The SMILES string of the molecule is CC(C)C(=O)Nc1cc([C@H]2C[C@@H](OC(=O)NCCNc3ccccc3)C2)[nH]n1. The third-order valence-electron chi connectivity index (χ3n) is 4.68. The number of alkyl carbamates (subject to hydrolysis) is 1. The fourth-order valence-electron chi connectivity index (χ4n) is 2.92. The van der Waals surface area contributed by atoms with E-state index in [-0.39, 0.29) is 23.8 Å². The Morgan fingerprint density at radius 2 is 1.96 bits per heavy atom. The molecule has 8 nitrogen and oxygen atoms in total. The summed E-state index contributed by atoms with van der Waals surface area (Å²) < 4.78 is 5.41. The van der Waals surface area contributed by atoms with Crippen molar-refractivity contribution in [1.29, 1.82) is 0 Å². The second kappa shape index (κ2) is 9.25. The molecule has 2 aromatic rings. The van der Waals surface area contributed by atoms with Gasteiger partial charge in [0.05, 0.1) is 0 Å². The van der Waals surface area contributed by atoms with Gasteiger partial charge >= 0.3 is 6.09 Å². The Balaban J connectivity index is 1.31. The number of anilines is 2. The van der Waals surface area contributed by atoms with Crippen LogP contribution in [0.5, 0.6) is 0 Å². The number of H-pyrrole nitrogens is 1. The van der Waals surface area contributed by atoms with Crippen molar-refractivity contribution in [3.05, 3.63) is 42.1 Å². The minimum atomic E-state index is -0.396. The Labute approximate surface area is 164 Å². The van der Waals surface area contributed by atoms with Gasteiger partial charge in [-0.25, -0.2) is 4.79 Å². The van der Waals surface area contributed by atoms with E-state index < -0.39 is 6.09 Å². The van der Waals surface area contributed by atoms with Crippen LogP contribution in [0.1, 0.15) is 38.3 Å². The number of amides is 2. The zero-order valence-corrected chi connectivity index (χ0v) is 16.2. The van der Waals surface area contributed by atoms with Crippen LogP contribution in [0.25, 0.3) is 0 Å². The van der Waals surface area contributed by atoms with Gasteiger partial charge in [-0.15, -0.1) is 0 Å². The molecule has 1 aliphatic carbocycles. The number of nitrogens with one attached hydrogen (secondary N) is 4. The number of para-hydroxylation sites is 1. The molecule has 0 saturated heterocycles. The van der Waals surface area contributed by atoms with Gasteiger partial charge in [0.1, 0.15) is 6.10 Å². The molecular weight excluding hydrogens is 358 g/mol. The van der Waals surface area contributed by atoms with Crippen molar-refractivity contribution in [2.45, 2.75) is 38.7 Å². The van der Waals surface area contributed by atoms with E-state index in [0.717, 1.165) is 24.2 Å². The topological polar surface area (TPSA) is 108 Å². The number of benzene rings is 1. The number of carbonyl (C=O) groups is 2. The standard InChI is InChI=1S/C20H27N5O3/c1-13(2)19(26)23-18-12-17(24-25-18)14-10-16(11-14)28-20(27)22-9-8-21-15-6-4-3-5-7-15/h3-7,12-14,16,21H,8-11H2,1-2H3,(H,22,27)(H2,23,24,25,26)/t14-,16+. The van der Waals surface area contributed by atoms with Crippen LogP contribution >= 0.6 is 0 Å². The average molecular weight is 385 g/mol. The Hall–Kier alpha value is -3.03. The molecule has 8 heteroatoms. The number of aromatic nitrogens is 2. The van der Waals surface area contributed by atoms with Crippen LogP contribution < -0.4 is 16.0 Å². The van der Waals surface area contributed by atoms with E-state index in [2.05, 4.69) is 26.1 Å². The van der Waals surface area contributed by atoms with Gasteiger partial charge in [0.25, 0.3) is 0 Å².